The van der Waals surface area contributed by atoms with E-state index >= 15 is 0 Å². The Morgan fingerprint density at radius 3 is 1.98 bits per heavy atom. The predicted octanol–water partition coefficient (Wildman–Crippen LogP) is 3.51. The van der Waals surface area contributed by atoms with Gasteiger partial charge in [-0.05, 0) is 49.6 Å². The second-order valence-corrected chi connectivity index (χ2v) is 14.0. The number of ether oxygens (including phenoxy) is 1. The average Bonchev–Trinajstić information content (AvgIpc) is 2.99. The first-order valence-corrected chi connectivity index (χ1v) is 16.5. The number of amides is 1. The summed E-state index contributed by atoms with van der Waals surface area (Å²) in [6.07, 6.45) is 0.875. The zero-order valence-electron chi connectivity index (χ0n) is 23.4. The van der Waals surface area contributed by atoms with Gasteiger partial charge in [0, 0.05) is 39.3 Å². The summed E-state index contributed by atoms with van der Waals surface area (Å²) in [5.74, 6) is -0.342. The van der Waals surface area contributed by atoms with Gasteiger partial charge in [0.15, 0.2) is 0 Å². The van der Waals surface area contributed by atoms with Crippen LogP contribution in [0.1, 0.15) is 24.0 Å². The molecule has 0 N–H and O–H groups in total. The number of piperidine rings is 1. The van der Waals surface area contributed by atoms with Crippen molar-refractivity contribution >= 4 is 26.0 Å². The maximum Gasteiger partial charge on any atom is 0.243 e. The Morgan fingerprint density at radius 1 is 0.854 bits per heavy atom. The second kappa shape index (κ2) is 13.7. The summed E-state index contributed by atoms with van der Waals surface area (Å²) in [7, 11) is -6.12. The second-order valence-electron chi connectivity index (χ2n) is 10.1. The molecule has 0 bridgehead atoms. The van der Waals surface area contributed by atoms with Crippen molar-refractivity contribution in [1.29, 1.82) is 0 Å². The number of aryl methyl sites for hydroxylation is 1. The number of carbonyl (C=O) groups is 1. The van der Waals surface area contributed by atoms with Gasteiger partial charge in [-0.15, -0.1) is 0 Å². The van der Waals surface area contributed by atoms with Gasteiger partial charge in [-0.1, -0.05) is 66.2 Å². The summed E-state index contributed by atoms with van der Waals surface area (Å²) in [4.78, 5) is 16.0. The molecule has 0 spiro atoms. The van der Waals surface area contributed by atoms with Crippen LogP contribution in [-0.4, -0.2) is 82.2 Å². The lowest BCUT2D eigenvalue weighted by molar-refractivity contribution is -0.135. The van der Waals surface area contributed by atoms with Crippen molar-refractivity contribution in [3.05, 3.63) is 96.1 Å². The van der Waals surface area contributed by atoms with E-state index in [0.717, 1.165) is 15.4 Å². The van der Waals surface area contributed by atoms with E-state index in [2.05, 4.69) is 0 Å². The maximum atomic E-state index is 13.9. The van der Waals surface area contributed by atoms with Crippen molar-refractivity contribution in [2.75, 3.05) is 39.9 Å². The Balaban J connectivity index is 1.56. The lowest BCUT2D eigenvalue weighted by atomic mass is 10.0. The lowest BCUT2D eigenvalue weighted by Crippen LogP contribution is -2.51. The monoisotopic (exact) mass is 599 g/mol. The highest BCUT2D eigenvalue weighted by molar-refractivity contribution is 7.89. The maximum absolute atomic E-state index is 13.9. The van der Waals surface area contributed by atoms with E-state index in [4.69, 9.17) is 4.74 Å². The average molecular weight is 600 g/mol. The topological polar surface area (TPSA) is 104 Å². The van der Waals surface area contributed by atoms with Gasteiger partial charge in [-0.25, -0.2) is 16.8 Å². The third-order valence-electron chi connectivity index (χ3n) is 7.28. The van der Waals surface area contributed by atoms with Crippen molar-refractivity contribution in [2.24, 2.45) is 0 Å². The molecular formula is C30H37N3O6S2. The van der Waals surface area contributed by atoms with E-state index in [1.807, 2.05) is 31.2 Å². The van der Waals surface area contributed by atoms with Crippen LogP contribution in [0.15, 0.2) is 94.7 Å². The molecule has 0 unspecified atom stereocenters. The number of sulfonamides is 2. The first-order chi connectivity index (χ1) is 19.6. The molecule has 1 heterocycles. The van der Waals surface area contributed by atoms with E-state index in [-0.39, 0.29) is 54.5 Å². The van der Waals surface area contributed by atoms with Crippen LogP contribution in [0, 0.1) is 6.92 Å². The number of carbonyl (C=O) groups excluding carboxylic acids is 1. The van der Waals surface area contributed by atoms with Gasteiger partial charge in [-0.2, -0.15) is 8.61 Å². The molecule has 1 amide bonds. The molecule has 3 aromatic carbocycles. The Hall–Kier alpha value is -3.09. The number of hydrogen-bond acceptors (Lipinski definition) is 6. The Bertz CT molecular complexity index is 1490. The molecule has 220 valence electrons. The predicted molar refractivity (Wildman–Crippen MR) is 157 cm³/mol. The summed E-state index contributed by atoms with van der Waals surface area (Å²) >= 11 is 0. The molecule has 9 nitrogen and oxygen atoms in total. The highest BCUT2D eigenvalue weighted by Crippen LogP contribution is 2.25. The molecule has 1 aliphatic heterocycles. The molecule has 1 saturated heterocycles. The van der Waals surface area contributed by atoms with Crippen LogP contribution in [-0.2, 0) is 36.1 Å². The van der Waals surface area contributed by atoms with Gasteiger partial charge in [-0.3, -0.25) is 4.79 Å². The van der Waals surface area contributed by atoms with Crippen molar-refractivity contribution < 1.29 is 26.4 Å². The Morgan fingerprint density at radius 2 is 1.41 bits per heavy atom. The Kier molecular flexibility index (Phi) is 10.3. The van der Waals surface area contributed by atoms with E-state index in [1.165, 1.54) is 23.5 Å². The number of nitrogens with zero attached hydrogens (tertiary/aromatic N) is 3. The molecule has 0 radical (unpaired) electrons. The lowest BCUT2D eigenvalue weighted by Gasteiger charge is -2.39. The van der Waals surface area contributed by atoms with Crippen LogP contribution in [0.4, 0.5) is 0 Å². The molecular weight excluding hydrogens is 562 g/mol. The van der Waals surface area contributed by atoms with Crippen LogP contribution in [0.3, 0.4) is 0 Å². The smallest absolute Gasteiger partial charge is 0.243 e. The molecule has 0 atom stereocenters. The quantitative estimate of drug-likeness (QED) is 0.316. The highest BCUT2D eigenvalue weighted by atomic mass is 32.2. The summed E-state index contributed by atoms with van der Waals surface area (Å²) in [5, 5.41) is 0. The van der Waals surface area contributed by atoms with E-state index < -0.39 is 20.0 Å². The van der Waals surface area contributed by atoms with Crippen molar-refractivity contribution in [2.45, 2.75) is 42.1 Å². The van der Waals surface area contributed by atoms with Gasteiger partial charge in [0.2, 0.25) is 26.0 Å². The van der Waals surface area contributed by atoms with Crippen LogP contribution in [0.2, 0.25) is 0 Å². The van der Waals surface area contributed by atoms with Crippen LogP contribution < -0.4 is 0 Å². The number of rotatable bonds is 12. The van der Waals surface area contributed by atoms with Gasteiger partial charge >= 0.3 is 0 Å². The minimum absolute atomic E-state index is 0.0194. The first-order valence-electron chi connectivity index (χ1n) is 13.6. The van der Waals surface area contributed by atoms with Gasteiger partial charge < -0.3 is 9.64 Å². The van der Waals surface area contributed by atoms with Crippen LogP contribution >= 0.6 is 0 Å². The van der Waals surface area contributed by atoms with Crippen molar-refractivity contribution in [3.8, 4) is 0 Å². The summed E-state index contributed by atoms with van der Waals surface area (Å²) in [5.41, 5.74) is 2.00. The molecule has 0 aliphatic carbocycles. The minimum atomic E-state index is -3.95. The summed E-state index contributed by atoms with van der Waals surface area (Å²) < 4.78 is 61.1. The third-order valence-corrected chi connectivity index (χ3v) is 11.0. The molecule has 4 rings (SSSR count). The van der Waals surface area contributed by atoms with Crippen molar-refractivity contribution in [3.63, 3.8) is 0 Å². The largest absolute Gasteiger partial charge is 0.383 e. The zero-order valence-corrected chi connectivity index (χ0v) is 25.1. The van der Waals surface area contributed by atoms with Gasteiger partial charge in [0.1, 0.15) is 0 Å². The molecule has 1 fully saturated rings. The van der Waals surface area contributed by atoms with Gasteiger partial charge in [0.05, 0.1) is 22.9 Å². The molecule has 3 aromatic rings. The summed E-state index contributed by atoms with van der Waals surface area (Å²) in [6, 6.07) is 23.9. The number of benzene rings is 3. The number of methoxy groups -OCH3 is 1. The highest BCUT2D eigenvalue weighted by Gasteiger charge is 2.35. The standard InChI is InChI=1S/C30H37N3O6S2/c1-25-13-15-26(16-14-25)23-33(27-17-19-31(20-18-27)40(35,36)28-9-5-3-6-10-28)30(34)24-32(21-22-39-2)41(37,38)29-11-7-4-8-12-29/h3-16,27H,17-24H2,1-2H3. The minimum Gasteiger partial charge on any atom is -0.383 e. The molecule has 41 heavy (non-hydrogen) atoms. The fourth-order valence-electron chi connectivity index (χ4n) is 4.91. The fraction of sp³-hybridized carbons (Fsp3) is 0.367. The van der Waals surface area contributed by atoms with Crippen molar-refractivity contribution in [1.82, 2.24) is 13.5 Å². The van der Waals surface area contributed by atoms with Crippen LogP contribution in [0.25, 0.3) is 0 Å². The van der Waals surface area contributed by atoms with E-state index in [1.54, 1.807) is 53.4 Å². The van der Waals surface area contributed by atoms with E-state index in [9.17, 15) is 21.6 Å². The molecule has 0 aromatic heterocycles. The molecule has 0 saturated carbocycles. The Labute approximate surface area is 243 Å². The normalized spacial score (nSPS) is 15.2. The summed E-state index contributed by atoms with van der Waals surface area (Å²) in [6.45, 7) is 2.59. The number of hydrogen-bond donors (Lipinski definition) is 0. The third kappa shape index (κ3) is 7.60. The first kappa shape index (κ1) is 30.9. The molecule has 1 aliphatic rings. The van der Waals surface area contributed by atoms with Gasteiger partial charge in [0.25, 0.3) is 0 Å². The zero-order chi connectivity index (χ0) is 29.5. The molecule has 11 heteroatoms. The van der Waals surface area contributed by atoms with Crippen LogP contribution in [0.5, 0.6) is 0 Å². The fourth-order valence-corrected chi connectivity index (χ4v) is 7.79. The SMILES string of the molecule is COCCN(CC(=O)N(Cc1ccc(C)cc1)C1CCN(S(=O)(=O)c2ccccc2)CC1)S(=O)(=O)c1ccccc1. The van der Waals surface area contributed by atoms with E-state index in [0.29, 0.717) is 19.4 Å².